The molecular formula is C18H21BrN2O3S. The number of sulfonamides is 1. The number of carbonyl (C=O) groups excluding carboxylic acids is 1. The first-order chi connectivity index (χ1) is 11.6. The zero-order valence-corrected chi connectivity index (χ0v) is 17.0. The molecule has 2 rings (SSSR count). The first-order valence-electron chi connectivity index (χ1n) is 7.72. The van der Waals surface area contributed by atoms with Crippen LogP contribution in [0.4, 0.5) is 11.4 Å². The van der Waals surface area contributed by atoms with Crippen LogP contribution >= 0.6 is 15.9 Å². The fourth-order valence-corrected chi connectivity index (χ4v) is 4.09. The van der Waals surface area contributed by atoms with Gasteiger partial charge in [0.25, 0.3) is 0 Å². The van der Waals surface area contributed by atoms with E-state index in [4.69, 9.17) is 0 Å². The largest absolute Gasteiger partial charge is 0.324 e. The standard InChI is InChI=1S/C18H21BrN2O3S/c1-12-9-13(2)11-17(10-12)21(25(4,23)24)14(3)18(22)20-16-7-5-15(19)6-8-16/h5-11,14H,1-4H3,(H,20,22)/t14-/m1/s1. The fourth-order valence-electron chi connectivity index (χ4n) is 2.67. The molecule has 0 fully saturated rings. The van der Waals surface area contributed by atoms with E-state index in [1.807, 2.05) is 19.9 Å². The van der Waals surface area contributed by atoms with Crippen molar-refractivity contribution < 1.29 is 13.2 Å². The Morgan fingerprint density at radius 1 is 1.08 bits per heavy atom. The Labute approximate surface area is 157 Å². The van der Waals surface area contributed by atoms with Gasteiger partial charge in [-0.1, -0.05) is 22.0 Å². The quantitative estimate of drug-likeness (QED) is 0.791. The highest BCUT2D eigenvalue weighted by Crippen LogP contribution is 2.24. The molecular weight excluding hydrogens is 404 g/mol. The highest BCUT2D eigenvalue weighted by Gasteiger charge is 2.29. The molecule has 0 aliphatic heterocycles. The first kappa shape index (κ1) is 19.5. The summed E-state index contributed by atoms with van der Waals surface area (Å²) in [5.74, 6) is -0.396. The minimum atomic E-state index is -3.63. The van der Waals surface area contributed by atoms with Gasteiger partial charge in [-0.3, -0.25) is 9.10 Å². The Bertz CT molecular complexity index is 859. The molecule has 5 nitrogen and oxygen atoms in total. The van der Waals surface area contributed by atoms with E-state index < -0.39 is 22.0 Å². The number of halogens is 1. The summed E-state index contributed by atoms with van der Waals surface area (Å²) < 4.78 is 26.7. The molecule has 0 aromatic heterocycles. The monoisotopic (exact) mass is 424 g/mol. The number of nitrogens with zero attached hydrogens (tertiary/aromatic N) is 1. The second-order valence-corrected chi connectivity index (χ2v) is 8.85. The van der Waals surface area contributed by atoms with E-state index in [2.05, 4.69) is 21.2 Å². The third-order valence-corrected chi connectivity index (χ3v) is 5.43. The molecule has 2 aromatic carbocycles. The molecule has 0 unspecified atom stereocenters. The maximum atomic E-state index is 12.6. The molecule has 0 saturated heterocycles. The summed E-state index contributed by atoms with van der Waals surface area (Å²) in [6.07, 6.45) is 1.11. The van der Waals surface area contributed by atoms with Crippen molar-refractivity contribution in [3.63, 3.8) is 0 Å². The van der Waals surface area contributed by atoms with Gasteiger partial charge in [0.15, 0.2) is 0 Å². The van der Waals surface area contributed by atoms with Crippen LogP contribution < -0.4 is 9.62 Å². The van der Waals surface area contributed by atoms with Gasteiger partial charge in [0.1, 0.15) is 6.04 Å². The van der Waals surface area contributed by atoms with Crippen molar-refractivity contribution >= 4 is 43.2 Å². The van der Waals surface area contributed by atoms with E-state index in [0.29, 0.717) is 11.4 Å². The molecule has 2 aromatic rings. The van der Waals surface area contributed by atoms with Crippen LogP contribution in [0, 0.1) is 13.8 Å². The minimum absolute atomic E-state index is 0.396. The van der Waals surface area contributed by atoms with Crippen molar-refractivity contribution in [2.45, 2.75) is 26.8 Å². The van der Waals surface area contributed by atoms with Crippen molar-refractivity contribution in [1.29, 1.82) is 0 Å². The normalized spacial score (nSPS) is 12.5. The van der Waals surface area contributed by atoms with Gasteiger partial charge in [0.05, 0.1) is 11.9 Å². The Hall–Kier alpha value is -1.86. The molecule has 0 spiro atoms. The Balaban J connectivity index is 2.34. The van der Waals surface area contributed by atoms with Crippen molar-refractivity contribution in [2.24, 2.45) is 0 Å². The predicted molar refractivity (Wildman–Crippen MR) is 105 cm³/mol. The van der Waals surface area contributed by atoms with Crippen LogP contribution in [0.5, 0.6) is 0 Å². The van der Waals surface area contributed by atoms with Gasteiger partial charge >= 0.3 is 0 Å². The Morgan fingerprint density at radius 3 is 2.08 bits per heavy atom. The van der Waals surface area contributed by atoms with Crippen molar-refractivity contribution in [3.8, 4) is 0 Å². The van der Waals surface area contributed by atoms with Gasteiger partial charge in [-0.25, -0.2) is 8.42 Å². The summed E-state index contributed by atoms with van der Waals surface area (Å²) in [6, 6.07) is 11.7. The maximum absolute atomic E-state index is 12.6. The third-order valence-electron chi connectivity index (χ3n) is 3.66. The van der Waals surface area contributed by atoms with Crippen LogP contribution in [0.3, 0.4) is 0 Å². The highest BCUT2D eigenvalue weighted by atomic mass is 79.9. The van der Waals surface area contributed by atoms with Crippen LogP contribution in [-0.4, -0.2) is 26.6 Å². The van der Waals surface area contributed by atoms with Crippen molar-refractivity contribution in [2.75, 3.05) is 15.9 Å². The number of amides is 1. The number of aryl methyl sites for hydroxylation is 2. The SMILES string of the molecule is Cc1cc(C)cc(N([C@H](C)C(=O)Nc2ccc(Br)cc2)S(C)(=O)=O)c1. The molecule has 1 amide bonds. The van der Waals surface area contributed by atoms with Crippen LogP contribution in [0.2, 0.25) is 0 Å². The van der Waals surface area contributed by atoms with E-state index in [-0.39, 0.29) is 0 Å². The average molecular weight is 425 g/mol. The Morgan fingerprint density at radius 2 is 1.60 bits per heavy atom. The topological polar surface area (TPSA) is 66.5 Å². The summed E-state index contributed by atoms with van der Waals surface area (Å²) in [5, 5.41) is 2.75. The molecule has 25 heavy (non-hydrogen) atoms. The second-order valence-electron chi connectivity index (χ2n) is 6.08. The molecule has 0 heterocycles. The van der Waals surface area contributed by atoms with Gasteiger partial charge < -0.3 is 5.32 Å². The molecule has 7 heteroatoms. The number of hydrogen-bond acceptors (Lipinski definition) is 3. The molecule has 0 bridgehead atoms. The number of benzene rings is 2. The van der Waals surface area contributed by atoms with Crippen LogP contribution in [-0.2, 0) is 14.8 Å². The summed E-state index contributed by atoms with van der Waals surface area (Å²) in [4.78, 5) is 12.6. The van der Waals surface area contributed by atoms with E-state index in [1.165, 1.54) is 0 Å². The number of carbonyl (C=O) groups is 1. The Kier molecular flexibility index (Phi) is 5.90. The zero-order chi connectivity index (χ0) is 18.8. The first-order valence-corrected chi connectivity index (χ1v) is 10.4. The van der Waals surface area contributed by atoms with Gasteiger partial charge in [0.2, 0.25) is 15.9 Å². The smallest absolute Gasteiger partial charge is 0.247 e. The summed E-state index contributed by atoms with van der Waals surface area (Å²) in [5.41, 5.74) is 2.96. The van der Waals surface area contributed by atoms with Crippen LogP contribution in [0.1, 0.15) is 18.1 Å². The lowest BCUT2D eigenvalue weighted by Crippen LogP contribution is -2.45. The van der Waals surface area contributed by atoms with E-state index in [9.17, 15) is 13.2 Å². The lowest BCUT2D eigenvalue weighted by Gasteiger charge is -2.28. The maximum Gasteiger partial charge on any atom is 0.247 e. The van der Waals surface area contributed by atoms with Crippen LogP contribution in [0.25, 0.3) is 0 Å². The lowest BCUT2D eigenvalue weighted by molar-refractivity contribution is -0.116. The minimum Gasteiger partial charge on any atom is -0.324 e. The number of rotatable bonds is 5. The molecule has 0 aliphatic rings. The van der Waals surface area contributed by atoms with Crippen molar-refractivity contribution in [3.05, 3.63) is 58.1 Å². The number of hydrogen-bond donors (Lipinski definition) is 1. The number of nitrogens with one attached hydrogen (secondary N) is 1. The summed E-state index contributed by atoms with van der Waals surface area (Å²) in [7, 11) is -3.63. The van der Waals surface area contributed by atoms with Gasteiger partial charge in [-0.2, -0.15) is 0 Å². The van der Waals surface area contributed by atoms with Crippen molar-refractivity contribution in [1.82, 2.24) is 0 Å². The van der Waals surface area contributed by atoms with E-state index in [0.717, 1.165) is 26.2 Å². The van der Waals surface area contributed by atoms with Gasteiger partial charge in [0, 0.05) is 10.2 Å². The number of anilines is 2. The predicted octanol–water partition coefficient (Wildman–Crippen LogP) is 3.86. The molecule has 0 saturated carbocycles. The molecule has 0 radical (unpaired) electrons. The molecule has 0 aliphatic carbocycles. The summed E-state index contributed by atoms with van der Waals surface area (Å²) in [6.45, 7) is 5.36. The van der Waals surface area contributed by atoms with E-state index in [1.54, 1.807) is 43.3 Å². The fraction of sp³-hybridized carbons (Fsp3) is 0.278. The zero-order valence-electron chi connectivity index (χ0n) is 14.6. The van der Waals surface area contributed by atoms with E-state index >= 15 is 0 Å². The lowest BCUT2D eigenvalue weighted by atomic mass is 10.1. The van der Waals surface area contributed by atoms with Crippen LogP contribution in [0.15, 0.2) is 46.9 Å². The summed E-state index contributed by atoms with van der Waals surface area (Å²) >= 11 is 3.33. The third kappa shape index (κ3) is 5.06. The molecule has 134 valence electrons. The average Bonchev–Trinajstić information content (AvgIpc) is 2.47. The molecule has 1 atom stereocenters. The highest BCUT2D eigenvalue weighted by molar-refractivity contribution is 9.10. The second kappa shape index (κ2) is 7.58. The van der Waals surface area contributed by atoms with Gasteiger partial charge in [-0.05, 0) is 68.3 Å². The van der Waals surface area contributed by atoms with Gasteiger partial charge in [-0.15, -0.1) is 0 Å². The molecule has 1 N–H and O–H groups in total.